The van der Waals surface area contributed by atoms with E-state index in [1.165, 1.54) is 11.8 Å². The lowest BCUT2D eigenvalue weighted by molar-refractivity contribution is 0.0594. The number of aromatic nitrogens is 4. The van der Waals surface area contributed by atoms with E-state index >= 15 is 0 Å². The molecular weight excluding hydrogens is 210 g/mol. The van der Waals surface area contributed by atoms with Gasteiger partial charge < -0.3 is 15.5 Å². The van der Waals surface area contributed by atoms with E-state index in [1.807, 2.05) is 0 Å². The van der Waals surface area contributed by atoms with E-state index in [9.17, 15) is 4.79 Å². The van der Waals surface area contributed by atoms with Crippen molar-refractivity contribution in [2.45, 2.75) is 0 Å². The molecule has 0 amide bonds. The first-order valence-electron chi connectivity index (χ1n) is 4.54. The van der Waals surface area contributed by atoms with Crippen molar-refractivity contribution in [1.29, 1.82) is 0 Å². The summed E-state index contributed by atoms with van der Waals surface area (Å²) >= 11 is 0. The highest BCUT2D eigenvalue weighted by atomic mass is 16.5. The van der Waals surface area contributed by atoms with Crippen molar-refractivity contribution in [1.82, 2.24) is 19.7 Å². The fourth-order valence-electron chi connectivity index (χ4n) is 1.41. The number of imidazole rings is 1. The van der Waals surface area contributed by atoms with Gasteiger partial charge >= 0.3 is 5.97 Å². The minimum Gasteiger partial charge on any atom is -0.464 e. The van der Waals surface area contributed by atoms with Crippen LogP contribution in [0.25, 0.3) is 11.3 Å². The summed E-state index contributed by atoms with van der Waals surface area (Å²) in [5.41, 5.74) is 6.94. The number of nitrogens with zero attached hydrogens (tertiary/aromatic N) is 3. The molecule has 0 atom stereocenters. The largest absolute Gasteiger partial charge is 0.464 e. The number of nitrogens with one attached hydrogen (secondary N) is 1. The highest BCUT2D eigenvalue weighted by Crippen LogP contribution is 2.21. The van der Waals surface area contributed by atoms with Gasteiger partial charge in [-0.05, 0) is 0 Å². The second-order valence-corrected chi connectivity index (χ2v) is 3.24. The van der Waals surface area contributed by atoms with Gasteiger partial charge in [-0.25, -0.2) is 9.78 Å². The van der Waals surface area contributed by atoms with Crippen molar-refractivity contribution in [2.24, 2.45) is 7.05 Å². The molecule has 2 aromatic rings. The number of carbonyl (C=O) groups excluding carboxylic acids is 1. The fraction of sp³-hybridized carbons (Fsp3) is 0.222. The molecule has 0 saturated carbocycles. The number of methoxy groups -OCH3 is 1. The minimum atomic E-state index is -0.497. The van der Waals surface area contributed by atoms with Crippen LogP contribution >= 0.6 is 0 Å². The smallest absolute Gasteiger partial charge is 0.359 e. The van der Waals surface area contributed by atoms with E-state index in [0.717, 1.165) is 0 Å². The highest BCUT2D eigenvalue weighted by molar-refractivity contribution is 5.94. The Hall–Kier alpha value is -2.31. The lowest BCUT2D eigenvalue weighted by Crippen LogP contribution is -2.04. The number of esters is 1. The van der Waals surface area contributed by atoms with E-state index in [2.05, 4.69) is 19.8 Å². The predicted octanol–water partition coefficient (Wildman–Crippen LogP) is 0.179. The maximum atomic E-state index is 11.5. The van der Waals surface area contributed by atoms with Gasteiger partial charge in [0.15, 0.2) is 11.6 Å². The lowest BCUT2D eigenvalue weighted by atomic mass is 10.2. The van der Waals surface area contributed by atoms with Gasteiger partial charge in [0.2, 0.25) is 0 Å². The van der Waals surface area contributed by atoms with Crippen LogP contribution < -0.4 is 5.73 Å². The normalized spacial score (nSPS) is 10.4. The maximum absolute atomic E-state index is 11.5. The van der Waals surface area contributed by atoms with Crippen molar-refractivity contribution in [3.8, 4) is 11.3 Å². The van der Waals surface area contributed by atoms with Gasteiger partial charge in [-0.2, -0.15) is 5.10 Å². The molecule has 0 saturated heterocycles. The molecule has 2 rings (SSSR count). The first kappa shape index (κ1) is 10.2. The Kier molecular flexibility index (Phi) is 2.35. The molecule has 0 aliphatic carbocycles. The van der Waals surface area contributed by atoms with Crippen molar-refractivity contribution >= 4 is 11.9 Å². The Labute approximate surface area is 91.2 Å². The third-order valence-electron chi connectivity index (χ3n) is 2.09. The Morgan fingerprint density at radius 2 is 2.38 bits per heavy atom. The number of aryl methyl sites for hydroxylation is 1. The number of hydrogen-bond donors (Lipinski definition) is 2. The zero-order valence-corrected chi connectivity index (χ0v) is 8.89. The molecular formula is C9H11N5O2. The van der Waals surface area contributed by atoms with Gasteiger partial charge in [-0.15, -0.1) is 0 Å². The summed E-state index contributed by atoms with van der Waals surface area (Å²) in [5.74, 6) is -0.210. The lowest BCUT2D eigenvalue weighted by Gasteiger charge is -1.96. The number of aromatic amines is 1. The topological polar surface area (TPSA) is 98.8 Å². The monoisotopic (exact) mass is 221 g/mol. The van der Waals surface area contributed by atoms with Crippen molar-refractivity contribution in [2.75, 3.05) is 12.8 Å². The zero-order valence-electron chi connectivity index (χ0n) is 8.89. The van der Waals surface area contributed by atoms with Gasteiger partial charge in [0.1, 0.15) is 0 Å². The average Bonchev–Trinajstić information content (AvgIpc) is 2.83. The first-order chi connectivity index (χ1) is 7.61. The van der Waals surface area contributed by atoms with Gasteiger partial charge in [-0.3, -0.25) is 4.68 Å². The number of ether oxygens (including phenoxy) is 1. The van der Waals surface area contributed by atoms with Crippen LogP contribution in [0, 0.1) is 0 Å². The molecule has 0 aromatic carbocycles. The van der Waals surface area contributed by atoms with E-state index in [0.29, 0.717) is 11.3 Å². The Balaban J connectivity index is 2.52. The Morgan fingerprint density at radius 1 is 1.62 bits per heavy atom. The summed E-state index contributed by atoms with van der Waals surface area (Å²) in [6.07, 6.45) is 3.23. The van der Waals surface area contributed by atoms with Crippen molar-refractivity contribution < 1.29 is 9.53 Å². The summed E-state index contributed by atoms with van der Waals surface area (Å²) in [6, 6.07) is 0. The van der Waals surface area contributed by atoms with Crippen LogP contribution in [0.5, 0.6) is 0 Å². The quantitative estimate of drug-likeness (QED) is 0.705. The van der Waals surface area contributed by atoms with Crippen LogP contribution in [-0.4, -0.2) is 32.8 Å². The number of anilines is 1. The summed E-state index contributed by atoms with van der Waals surface area (Å²) in [6.45, 7) is 0. The molecule has 0 radical (unpaired) electrons. The van der Waals surface area contributed by atoms with Crippen LogP contribution in [0.15, 0.2) is 12.4 Å². The van der Waals surface area contributed by atoms with E-state index in [4.69, 9.17) is 5.73 Å². The van der Waals surface area contributed by atoms with Crippen LogP contribution in [0.2, 0.25) is 0 Å². The molecule has 2 heterocycles. The van der Waals surface area contributed by atoms with Gasteiger partial charge in [0.25, 0.3) is 0 Å². The number of carbonyl (C=O) groups is 1. The van der Waals surface area contributed by atoms with E-state index in [-0.39, 0.29) is 11.6 Å². The van der Waals surface area contributed by atoms with Gasteiger partial charge in [-0.1, -0.05) is 0 Å². The summed E-state index contributed by atoms with van der Waals surface area (Å²) < 4.78 is 6.16. The van der Waals surface area contributed by atoms with Crippen LogP contribution in [-0.2, 0) is 11.8 Å². The number of H-pyrrole nitrogens is 1. The molecule has 0 bridgehead atoms. The number of nitrogen functional groups attached to an aromatic ring is 1. The fourth-order valence-corrected chi connectivity index (χ4v) is 1.41. The number of rotatable bonds is 2. The summed E-state index contributed by atoms with van der Waals surface area (Å²) in [5, 5.41) is 4.02. The summed E-state index contributed by atoms with van der Waals surface area (Å²) in [4.78, 5) is 18.2. The molecule has 7 heteroatoms. The molecule has 2 aromatic heterocycles. The highest BCUT2D eigenvalue weighted by Gasteiger charge is 2.18. The van der Waals surface area contributed by atoms with Crippen molar-refractivity contribution in [3.05, 3.63) is 18.1 Å². The molecule has 0 unspecified atom stereocenters. The van der Waals surface area contributed by atoms with E-state index < -0.39 is 5.97 Å². The second-order valence-electron chi connectivity index (χ2n) is 3.24. The van der Waals surface area contributed by atoms with Crippen molar-refractivity contribution in [3.63, 3.8) is 0 Å². The minimum absolute atomic E-state index is 0.230. The maximum Gasteiger partial charge on any atom is 0.359 e. The molecule has 16 heavy (non-hydrogen) atoms. The molecule has 0 fully saturated rings. The van der Waals surface area contributed by atoms with Crippen LogP contribution in [0.1, 0.15) is 10.5 Å². The SMILES string of the molecule is COC(=O)c1nn(C)cc1-c1cnc(N)[nH]1. The molecule has 7 nitrogen and oxygen atoms in total. The molecule has 3 N–H and O–H groups in total. The van der Waals surface area contributed by atoms with Gasteiger partial charge in [0, 0.05) is 13.2 Å². The number of hydrogen-bond acceptors (Lipinski definition) is 5. The Bertz CT molecular complexity index is 528. The second kappa shape index (κ2) is 3.69. The average molecular weight is 221 g/mol. The van der Waals surface area contributed by atoms with Gasteiger partial charge in [0.05, 0.1) is 24.6 Å². The van der Waals surface area contributed by atoms with Crippen LogP contribution in [0.3, 0.4) is 0 Å². The molecule has 0 spiro atoms. The third-order valence-corrected chi connectivity index (χ3v) is 2.09. The predicted molar refractivity (Wildman–Crippen MR) is 56.5 cm³/mol. The first-order valence-corrected chi connectivity index (χ1v) is 4.54. The molecule has 0 aliphatic heterocycles. The van der Waals surface area contributed by atoms with Crippen LogP contribution in [0.4, 0.5) is 5.95 Å². The molecule has 0 aliphatic rings. The standard InChI is InChI=1S/C9H11N5O2/c1-14-4-5(6-3-11-9(10)12-6)7(13-14)8(15)16-2/h3-4H,1-2H3,(H3,10,11,12). The third kappa shape index (κ3) is 1.62. The van der Waals surface area contributed by atoms with E-state index in [1.54, 1.807) is 19.4 Å². The summed E-state index contributed by atoms with van der Waals surface area (Å²) in [7, 11) is 3.03. The number of nitrogens with two attached hydrogens (primary N) is 1. The molecule has 84 valence electrons. The Morgan fingerprint density at radius 3 is 2.94 bits per heavy atom. The zero-order chi connectivity index (χ0) is 11.7.